The third-order valence-corrected chi connectivity index (χ3v) is 4.68. The lowest BCUT2D eigenvalue weighted by molar-refractivity contribution is 0.0622. The largest absolute Gasteiger partial charge is 0.360 e. The molecule has 144 valence electrons. The lowest BCUT2D eigenvalue weighted by Gasteiger charge is -2.34. The second-order valence-corrected chi connectivity index (χ2v) is 6.79. The molecule has 0 atom stereocenters. The molecule has 1 fully saturated rings. The van der Waals surface area contributed by atoms with Crippen LogP contribution in [-0.4, -0.2) is 57.0 Å². The van der Waals surface area contributed by atoms with Gasteiger partial charge in [-0.05, 0) is 12.5 Å². The van der Waals surface area contributed by atoms with Crippen molar-refractivity contribution < 1.29 is 9.32 Å². The normalized spacial score (nSPS) is 14.8. The SMILES string of the molecule is Cc1cc(Nc2cc(C(=O)N3CCN(Cc4ccccc4)CC3)ncn2)no1. The summed E-state index contributed by atoms with van der Waals surface area (Å²) >= 11 is 0. The fourth-order valence-corrected chi connectivity index (χ4v) is 3.21. The Bertz CT molecular complexity index is 935. The Balaban J connectivity index is 1.35. The Morgan fingerprint density at radius 3 is 2.57 bits per heavy atom. The summed E-state index contributed by atoms with van der Waals surface area (Å²) < 4.78 is 5.03. The number of carbonyl (C=O) groups excluding carboxylic acids is 1. The summed E-state index contributed by atoms with van der Waals surface area (Å²) in [7, 11) is 0. The van der Waals surface area contributed by atoms with Crippen LogP contribution >= 0.6 is 0 Å². The molecule has 0 unspecified atom stereocenters. The van der Waals surface area contributed by atoms with Crippen LogP contribution in [-0.2, 0) is 6.54 Å². The fourth-order valence-electron chi connectivity index (χ4n) is 3.21. The Labute approximate surface area is 163 Å². The van der Waals surface area contributed by atoms with E-state index in [-0.39, 0.29) is 5.91 Å². The summed E-state index contributed by atoms with van der Waals surface area (Å²) in [5.74, 6) is 1.67. The maximum absolute atomic E-state index is 12.8. The highest BCUT2D eigenvalue weighted by atomic mass is 16.5. The zero-order valence-electron chi connectivity index (χ0n) is 15.7. The van der Waals surface area contributed by atoms with Crippen molar-refractivity contribution in [1.82, 2.24) is 24.9 Å². The van der Waals surface area contributed by atoms with Crippen molar-refractivity contribution in [2.24, 2.45) is 0 Å². The van der Waals surface area contributed by atoms with Crippen LogP contribution in [0.1, 0.15) is 21.8 Å². The van der Waals surface area contributed by atoms with Crippen molar-refractivity contribution in [3.63, 3.8) is 0 Å². The molecular formula is C20H22N6O2. The van der Waals surface area contributed by atoms with Gasteiger partial charge in [0.2, 0.25) is 0 Å². The van der Waals surface area contributed by atoms with Crippen molar-refractivity contribution in [2.75, 3.05) is 31.5 Å². The molecule has 0 saturated carbocycles. The molecule has 1 N–H and O–H groups in total. The van der Waals surface area contributed by atoms with Gasteiger partial charge in [-0.15, -0.1) is 0 Å². The van der Waals surface area contributed by atoms with Crippen molar-refractivity contribution in [3.8, 4) is 0 Å². The number of amides is 1. The van der Waals surface area contributed by atoms with E-state index in [9.17, 15) is 4.79 Å². The van der Waals surface area contributed by atoms with Crippen LogP contribution in [0.5, 0.6) is 0 Å². The third-order valence-electron chi connectivity index (χ3n) is 4.68. The number of benzene rings is 1. The first-order valence-corrected chi connectivity index (χ1v) is 9.25. The van der Waals surface area contributed by atoms with E-state index in [0.29, 0.717) is 36.2 Å². The Kier molecular flexibility index (Phi) is 5.29. The summed E-state index contributed by atoms with van der Waals surface area (Å²) in [6, 6.07) is 13.8. The molecule has 1 aliphatic rings. The lowest BCUT2D eigenvalue weighted by Crippen LogP contribution is -2.48. The molecule has 0 aliphatic carbocycles. The molecule has 1 aromatic carbocycles. The average molecular weight is 378 g/mol. The number of aryl methyl sites for hydroxylation is 1. The molecule has 4 rings (SSSR count). The molecule has 3 aromatic rings. The molecule has 8 heteroatoms. The minimum atomic E-state index is -0.0823. The quantitative estimate of drug-likeness (QED) is 0.730. The number of nitrogens with zero attached hydrogens (tertiary/aromatic N) is 5. The van der Waals surface area contributed by atoms with Gasteiger partial charge in [0.1, 0.15) is 23.6 Å². The number of carbonyl (C=O) groups is 1. The second-order valence-electron chi connectivity index (χ2n) is 6.79. The topological polar surface area (TPSA) is 87.4 Å². The van der Waals surface area contributed by atoms with Crippen molar-refractivity contribution in [2.45, 2.75) is 13.5 Å². The zero-order valence-corrected chi connectivity index (χ0v) is 15.7. The van der Waals surface area contributed by atoms with E-state index in [1.165, 1.54) is 11.9 Å². The maximum atomic E-state index is 12.8. The van der Waals surface area contributed by atoms with Gasteiger partial charge in [0.15, 0.2) is 5.82 Å². The van der Waals surface area contributed by atoms with E-state index in [1.54, 1.807) is 12.1 Å². The molecule has 2 aromatic heterocycles. The third kappa shape index (κ3) is 4.34. The Morgan fingerprint density at radius 1 is 1.07 bits per heavy atom. The number of nitrogens with one attached hydrogen (secondary N) is 1. The highest BCUT2D eigenvalue weighted by molar-refractivity contribution is 5.93. The van der Waals surface area contributed by atoms with E-state index >= 15 is 0 Å². The molecule has 0 bridgehead atoms. The van der Waals surface area contributed by atoms with Gasteiger partial charge in [-0.3, -0.25) is 9.69 Å². The van der Waals surface area contributed by atoms with Gasteiger partial charge in [-0.2, -0.15) is 0 Å². The monoisotopic (exact) mass is 378 g/mol. The molecular weight excluding hydrogens is 356 g/mol. The van der Waals surface area contributed by atoms with Crippen molar-refractivity contribution >= 4 is 17.5 Å². The molecule has 8 nitrogen and oxygen atoms in total. The second kappa shape index (κ2) is 8.18. The van der Waals surface area contributed by atoms with E-state index < -0.39 is 0 Å². The Morgan fingerprint density at radius 2 is 1.86 bits per heavy atom. The van der Waals surface area contributed by atoms with Crippen LogP contribution in [0.3, 0.4) is 0 Å². The predicted molar refractivity (Wildman–Crippen MR) is 104 cm³/mol. The van der Waals surface area contributed by atoms with Gasteiger partial charge < -0.3 is 14.7 Å². The van der Waals surface area contributed by atoms with Crippen molar-refractivity contribution in [1.29, 1.82) is 0 Å². The van der Waals surface area contributed by atoms with Crippen LogP contribution in [0.15, 0.2) is 53.3 Å². The Hall–Kier alpha value is -3.26. The van der Waals surface area contributed by atoms with Gasteiger partial charge in [0, 0.05) is 44.9 Å². The van der Waals surface area contributed by atoms with Crippen LogP contribution in [0, 0.1) is 6.92 Å². The van der Waals surface area contributed by atoms with Gasteiger partial charge >= 0.3 is 0 Å². The molecule has 28 heavy (non-hydrogen) atoms. The van der Waals surface area contributed by atoms with E-state index in [1.807, 2.05) is 17.9 Å². The van der Waals surface area contributed by atoms with E-state index in [2.05, 4.69) is 49.6 Å². The molecule has 0 spiro atoms. The number of rotatable bonds is 5. The van der Waals surface area contributed by atoms with Gasteiger partial charge in [-0.25, -0.2) is 9.97 Å². The first kappa shape index (κ1) is 18.1. The number of hydrogen-bond donors (Lipinski definition) is 1. The summed E-state index contributed by atoms with van der Waals surface area (Å²) in [6.07, 6.45) is 1.38. The summed E-state index contributed by atoms with van der Waals surface area (Å²) in [4.78, 5) is 25.3. The van der Waals surface area contributed by atoms with Crippen LogP contribution in [0.25, 0.3) is 0 Å². The first-order chi connectivity index (χ1) is 13.7. The van der Waals surface area contributed by atoms with E-state index in [0.717, 1.165) is 19.6 Å². The highest BCUT2D eigenvalue weighted by Crippen LogP contribution is 2.16. The molecule has 1 aliphatic heterocycles. The number of piperazine rings is 1. The zero-order chi connectivity index (χ0) is 19.3. The predicted octanol–water partition coefficient (Wildman–Crippen LogP) is 2.47. The molecule has 1 amide bonds. The summed E-state index contributed by atoms with van der Waals surface area (Å²) in [6.45, 7) is 5.76. The van der Waals surface area contributed by atoms with Gasteiger partial charge in [-0.1, -0.05) is 35.5 Å². The average Bonchev–Trinajstić information content (AvgIpc) is 3.13. The molecule has 0 radical (unpaired) electrons. The maximum Gasteiger partial charge on any atom is 0.272 e. The standard InChI is InChI=1S/C20H22N6O2/c1-15-11-19(24-28-15)23-18-12-17(21-14-22-18)20(27)26-9-7-25(8-10-26)13-16-5-3-2-4-6-16/h2-6,11-12,14H,7-10,13H2,1H3,(H,21,22,23,24). The minimum absolute atomic E-state index is 0.0823. The number of anilines is 2. The first-order valence-electron chi connectivity index (χ1n) is 9.25. The number of hydrogen-bond acceptors (Lipinski definition) is 7. The minimum Gasteiger partial charge on any atom is -0.360 e. The van der Waals surface area contributed by atoms with E-state index in [4.69, 9.17) is 4.52 Å². The smallest absolute Gasteiger partial charge is 0.272 e. The van der Waals surface area contributed by atoms with Gasteiger partial charge in [0.05, 0.1) is 0 Å². The van der Waals surface area contributed by atoms with Crippen LogP contribution in [0.4, 0.5) is 11.6 Å². The highest BCUT2D eigenvalue weighted by Gasteiger charge is 2.23. The summed E-state index contributed by atoms with van der Waals surface area (Å²) in [5.41, 5.74) is 1.66. The molecule has 1 saturated heterocycles. The van der Waals surface area contributed by atoms with Gasteiger partial charge in [0.25, 0.3) is 5.91 Å². The fraction of sp³-hybridized carbons (Fsp3) is 0.300. The summed E-state index contributed by atoms with van der Waals surface area (Å²) in [5, 5.41) is 6.89. The molecule has 3 heterocycles. The number of aromatic nitrogens is 3. The van der Waals surface area contributed by atoms with Crippen LogP contribution < -0.4 is 5.32 Å². The van der Waals surface area contributed by atoms with Crippen LogP contribution in [0.2, 0.25) is 0 Å². The lowest BCUT2D eigenvalue weighted by atomic mass is 10.2. The van der Waals surface area contributed by atoms with Crippen molar-refractivity contribution in [3.05, 3.63) is 65.8 Å².